The molecule has 8 heavy (non-hydrogen) atoms. The second-order valence-corrected chi connectivity index (χ2v) is 7.44. The van der Waals surface area contributed by atoms with Gasteiger partial charge in [0.2, 0.25) is 0 Å². The molecule has 1 unspecified atom stereocenters. The molecule has 0 aromatic rings. The van der Waals surface area contributed by atoms with Crippen LogP contribution in [0.1, 0.15) is 17.5 Å². The Morgan fingerprint density at radius 1 is 1.75 bits per heavy atom. The molecule has 1 fully saturated rings. The maximum atomic E-state index is 7.41. The summed E-state index contributed by atoms with van der Waals surface area (Å²) in [5, 5.41) is 0. The van der Waals surface area contributed by atoms with E-state index in [9.17, 15) is 0 Å². The van der Waals surface area contributed by atoms with Crippen LogP contribution in [0.4, 0.5) is 0 Å². The molecule has 0 aliphatic carbocycles. The summed E-state index contributed by atoms with van der Waals surface area (Å²) in [5.74, 6) is 0.659. The van der Waals surface area contributed by atoms with Crippen molar-refractivity contribution >= 4 is 8.07 Å². The van der Waals surface area contributed by atoms with Gasteiger partial charge in [-0.15, -0.1) is 0 Å². The van der Waals surface area contributed by atoms with Gasteiger partial charge < -0.3 is 0 Å². The van der Waals surface area contributed by atoms with Crippen LogP contribution in [-0.2, 0) is 0 Å². The molecular formula is C7H16Si. The van der Waals surface area contributed by atoms with E-state index < -0.39 is 14.5 Å². The Hall–Kier alpha value is 0.217. The van der Waals surface area contributed by atoms with Crippen LogP contribution in [0.15, 0.2) is 0 Å². The molecule has 0 aromatic carbocycles. The van der Waals surface area contributed by atoms with Crippen molar-refractivity contribution in [2.24, 2.45) is 5.92 Å². The van der Waals surface area contributed by atoms with Gasteiger partial charge in [-0.2, -0.15) is 0 Å². The third kappa shape index (κ3) is 1.34. The average Bonchev–Trinajstić information content (AvgIpc) is 2.10. The molecule has 1 saturated heterocycles. The van der Waals surface area contributed by atoms with Crippen LogP contribution in [0.3, 0.4) is 0 Å². The van der Waals surface area contributed by atoms with Gasteiger partial charge in [-0.05, 0) is 5.92 Å². The van der Waals surface area contributed by atoms with Gasteiger partial charge >= 0.3 is 0 Å². The van der Waals surface area contributed by atoms with Crippen LogP contribution >= 0.6 is 0 Å². The Morgan fingerprint density at radius 2 is 2.50 bits per heavy atom. The molecule has 0 bridgehead atoms. The van der Waals surface area contributed by atoms with Gasteiger partial charge in [0, 0.05) is 12.2 Å². The van der Waals surface area contributed by atoms with Crippen molar-refractivity contribution in [3.05, 3.63) is 0 Å². The minimum Gasteiger partial charge on any atom is -0.0693 e. The highest BCUT2D eigenvalue weighted by Crippen LogP contribution is 2.33. The van der Waals surface area contributed by atoms with E-state index >= 15 is 0 Å². The van der Waals surface area contributed by atoms with Crippen molar-refractivity contribution < 1.29 is 4.11 Å². The molecule has 0 nitrogen and oxygen atoms in total. The normalized spacial score (nSPS) is 54.8. The van der Waals surface area contributed by atoms with Crippen LogP contribution in [0, 0.1) is 5.92 Å². The molecule has 1 heteroatoms. The fourth-order valence-corrected chi connectivity index (χ4v) is 4.61. The zero-order valence-corrected chi connectivity index (χ0v) is 6.70. The maximum absolute atomic E-state index is 7.41. The first-order chi connectivity index (χ1) is 4.85. The maximum Gasteiger partial charge on any atom is 0.0476 e. The van der Waals surface area contributed by atoms with Crippen molar-refractivity contribution in [3.63, 3.8) is 0 Å². The third-order valence-corrected chi connectivity index (χ3v) is 4.98. The third-order valence-electron chi connectivity index (χ3n) is 1.99. The Balaban J connectivity index is 2.69. The van der Waals surface area contributed by atoms with Crippen LogP contribution in [0.5, 0.6) is 0 Å². The van der Waals surface area contributed by atoms with Crippen molar-refractivity contribution in [1.29, 1.82) is 0 Å². The Labute approximate surface area is 57.5 Å². The van der Waals surface area contributed by atoms with E-state index in [-0.39, 0.29) is 0 Å². The van der Waals surface area contributed by atoms with Gasteiger partial charge in [0.15, 0.2) is 0 Å². The fourth-order valence-electron chi connectivity index (χ4n) is 1.54. The zero-order valence-electron chi connectivity index (χ0n) is 8.70. The molecule has 0 spiro atoms. The molecule has 1 heterocycles. The van der Waals surface area contributed by atoms with Crippen molar-refractivity contribution in [1.82, 2.24) is 0 Å². The van der Waals surface area contributed by atoms with E-state index in [4.69, 9.17) is 4.11 Å². The first-order valence-electron chi connectivity index (χ1n) is 4.85. The van der Waals surface area contributed by atoms with E-state index in [1.807, 2.05) is 6.55 Å². The quantitative estimate of drug-likeness (QED) is 0.443. The smallest absolute Gasteiger partial charge is 0.0476 e. The second kappa shape index (κ2) is 1.87. The minimum atomic E-state index is -1.85. The molecule has 0 radical (unpaired) electrons. The largest absolute Gasteiger partial charge is 0.0693 e. The van der Waals surface area contributed by atoms with Gasteiger partial charge in [0.1, 0.15) is 0 Å². The predicted molar refractivity (Wildman–Crippen MR) is 40.9 cm³/mol. The summed E-state index contributed by atoms with van der Waals surface area (Å²) in [5.41, 5.74) is 0. The molecule has 1 aliphatic rings. The molecule has 48 valence electrons. The number of hydrogen-bond acceptors (Lipinski definition) is 0. The lowest BCUT2D eigenvalue weighted by Crippen LogP contribution is -2.18. The molecular weight excluding hydrogens is 112 g/mol. The molecule has 1 aliphatic heterocycles. The van der Waals surface area contributed by atoms with Gasteiger partial charge in [0.05, 0.1) is 0 Å². The zero-order chi connectivity index (χ0) is 8.70. The van der Waals surface area contributed by atoms with Gasteiger partial charge in [-0.1, -0.05) is 38.5 Å². The Bertz CT molecular complexity index is 154. The molecule has 0 saturated carbocycles. The predicted octanol–water partition coefficient (Wildman–Crippen LogP) is 2.73. The molecule has 1 rings (SSSR count). The first kappa shape index (κ1) is 3.40. The summed E-state index contributed by atoms with van der Waals surface area (Å²) >= 11 is 0. The Kier molecular flexibility index (Phi) is 0.795. The van der Waals surface area contributed by atoms with Gasteiger partial charge in [-0.3, -0.25) is 0 Å². The lowest BCUT2D eigenvalue weighted by molar-refractivity contribution is 0.658. The average molecular weight is 131 g/mol. The summed E-state index contributed by atoms with van der Waals surface area (Å²) < 4.78 is 22.2. The van der Waals surface area contributed by atoms with E-state index in [1.165, 1.54) is 0 Å². The molecule has 2 atom stereocenters. The second-order valence-electron chi connectivity index (χ2n) is 3.41. The van der Waals surface area contributed by atoms with E-state index in [2.05, 4.69) is 6.92 Å². The summed E-state index contributed by atoms with van der Waals surface area (Å²) in [7, 11) is -1.85. The van der Waals surface area contributed by atoms with Crippen molar-refractivity contribution in [2.45, 2.75) is 38.5 Å². The standard InChI is InChI=1S/C7H16Si/c1-7-4-5-8(2,3)6-7/h7H,4-6H2,1-3H3/t7-/m1/s1/i2D3/t7-,8?. The topological polar surface area (TPSA) is 0 Å². The van der Waals surface area contributed by atoms with E-state index in [1.54, 1.807) is 0 Å². The first-order valence-corrected chi connectivity index (χ1v) is 6.27. The Morgan fingerprint density at radius 3 is 2.75 bits per heavy atom. The molecule has 0 aromatic heterocycles. The molecule has 0 N–H and O–H groups in total. The van der Waals surface area contributed by atoms with Gasteiger partial charge in [0.25, 0.3) is 0 Å². The number of rotatable bonds is 0. The summed E-state index contributed by atoms with van der Waals surface area (Å²) in [4.78, 5) is 0. The highest BCUT2D eigenvalue weighted by atomic mass is 28.3. The lowest BCUT2D eigenvalue weighted by atomic mass is 10.2. The van der Waals surface area contributed by atoms with E-state index in [0.29, 0.717) is 5.92 Å². The van der Waals surface area contributed by atoms with Crippen LogP contribution < -0.4 is 0 Å². The summed E-state index contributed by atoms with van der Waals surface area (Å²) in [6.45, 7) is 2.59. The summed E-state index contributed by atoms with van der Waals surface area (Å²) in [6.07, 6.45) is 1.14. The highest BCUT2D eigenvalue weighted by molar-refractivity contribution is 6.78. The van der Waals surface area contributed by atoms with Crippen molar-refractivity contribution in [2.75, 3.05) is 0 Å². The van der Waals surface area contributed by atoms with Crippen LogP contribution in [0.25, 0.3) is 0 Å². The highest BCUT2D eigenvalue weighted by Gasteiger charge is 2.29. The molecule has 0 amide bonds. The lowest BCUT2D eigenvalue weighted by Gasteiger charge is -2.12. The van der Waals surface area contributed by atoms with Crippen LogP contribution in [0.2, 0.25) is 25.1 Å². The van der Waals surface area contributed by atoms with Crippen molar-refractivity contribution in [3.8, 4) is 0 Å². The number of hydrogen-bond donors (Lipinski definition) is 0. The minimum absolute atomic E-state index is 0.659. The van der Waals surface area contributed by atoms with Gasteiger partial charge in [-0.25, -0.2) is 0 Å². The monoisotopic (exact) mass is 131 g/mol. The fraction of sp³-hybridized carbons (Fsp3) is 1.00. The van der Waals surface area contributed by atoms with Crippen LogP contribution in [-0.4, -0.2) is 8.07 Å². The summed E-state index contributed by atoms with van der Waals surface area (Å²) in [6, 6.07) is 2.01. The SMILES string of the molecule is [2H]C([2H])([2H])[Si]1(C)CC[C@@H](C)C1. The van der Waals surface area contributed by atoms with E-state index in [0.717, 1.165) is 18.5 Å².